The minimum Gasteiger partial charge on any atom is -0.381 e. The van der Waals surface area contributed by atoms with Crippen molar-refractivity contribution in [3.8, 4) is 0 Å². The Morgan fingerprint density at radius 1 is 1.00 bits per heavy atom. The van der Waals surface area contributed by atoms with E-state index in [-0.39, 0.29) is 5.41 Å². The maximum atomic E-state index is 13.1. The summed E-state index contributed by atoms with van der Waals surface area (Å²) in [6.45, 7) is 3.36. The maximum absolute atomic E-state index is 13.1. The molecule has 0 N–H and O–H groups in total. The Morgan fingerprint density at radius 3 is 2.25 bits per heavy atom. The van der Waals surface area contributed by atoms with Crippen LogP contribution in [0, 0.1) is 5.41 Å². The summed E-state index contributed by atoms with van der Waals surface area (Å²) >= 11 is 0. The van der Waals surface area contributed by atoms with Crippen LogP contribution in [0.3, 0.4) is 0 Å². The molecule has 1 aromatic rings. The maximum Gasteiger partial charge on any atom is 0.233 e. The summed E-state index contributed by atoms with van der Waals surface area (Å²) in [7, 11) is 0. The molecule has 3 fully saturated rings. The molecule has 3 aliphatic rings. The average Bonchev–Trinajstić information content (AvgIpc) is 3.27. The summed E-state index contributed by atoms with van der Waals surface area (Å²) in [5, 5.41) is 0. The molecule has 1 saturated carbocycles. The van der Waals surface area contributed by atoms with Crippen LogP contribution >= 0.6 is 0 Å². The molecule has 20 heavy (non-hydrogen) atoms. The van der Waals surface area contributed by atoms with Gasteiger partial charge < -0.3 is 9.64 Å². The second-order valence-corrected chi connectivity index (χ2v) is 6.72. The minimum atomic E-state index is -0.337. The molecule has 0 radical (unpaired) electrons. The molecule has 3 nitrogen and oxygen atoms in total. The highest BCUT2D eigenvalue weighted by Crippen LogP contribution is 2.54. The van der Waals surface area contributed by atoms with Gasteiger partial charge in [0, 0.05) is 31.7 Å². The van der Waals surface area contributed by atoms with Gasteiger partial charge in [0.05, 0.1) is 5.41 Å². The van der Waals surface area contributed by atoms with Gasteiger partial charge in [0.15, 0.2) is 0 Å². The first kappa shape index (κ1) is 12.4. The molecule has 2 aliphatic heterocycles. The first-order valence-corrected chi connectivity index (χ1v) is 7.67. The third-order valence-corrected chi connectivity index (χ3v) is 5.38. The number of nitrogens with zero attached hydrogens (tertiary/aromatic N) is 1. The fourth-order valence-electron chi connectivity index (χ4n) is 3.81. The Bertz CT molecular complexity index is 507. The van der Waals surface area contributed by atoms with Gasteiger partial charge in [-0.15, -0.1) is 0 Å². The van der Waals surface area contributed by atoms with E-state index in [2.05, 4.69) is 17.0 Å². The first-order valence-electron chi connectivity index (χ1n) is 7.67. The quantitative estimate of drug-likeness (QED) is 0.826. The number of benzene rings is 1. The van der Waals surface area contributed by atoms with Gasteiger partial charge in [0.25, 0.3) is 0 Å². The Kier molecular flexibility index (Phi) is 2.68. The molecule has 0 bridgehead atoms. The molecule has 3 heteroatoms. The molecule has 0 atom stereocenters. The lowest BCUT2D eigenvalue weighted by Crippen LogP contribution is -2.59. The van der Waals surface area contributed by atoms with Crippen LogP contribution in [0.4, 0.5) is 0 Å². The van der Waals surface area contributed by atoms with Crippen molar-refractivity contribution < 1.29 is 9.53 Å². The number of rotatable bonds is 2. The molecule has 2 heterocycles. The fraction of sp³-hybridized carbons (Fsp3) is 0.588. The Labute approximate surface area is 119 Å². The van der Waals surface area contributed by atoms with Gasteiger partial charge in [0.1, 0.15) is 0 Å². The fourth-order valence-corrected chi connectivity index (χ4v) is 3.81. The zero-order valence-corrected chi connectivity index (χ0v) is 11.8. The predicted molar refractivity (Wildman–Crippen MR) is 76.4 cm³/mol. The van der Waals surface area contributed by atoms with Crippen LogP contribution in [0.5, 0.6) is 0 Å². The highest BCUT2D eigenvalue weighted by molar-refractivity contribution is 5.89. The first-order chi connectivity index (χ1) is 9.74. The number of ether oxygens (including phenoxy) is 1. The highest BCUT2D eigenvalue weighted by atomic mass is 16.5. The molecular weight excluding hydrogens is 250 g/mol. The normalized spacial score (nSPS) is 26.1. The standard InChI is InChI=1S/C17H21NO2/c19-15(18-12-16(13-18)6-7-16)17(8-10-20-11-9-17)14-4-2-1-3-5-14/h1-5H,6-13H2. The Balaban J connectivity index is 1.62. The highest BCUT2D eigenvalue weighted by Gasteiger charge is 2.57. The lowest BCUT2D eigenvalue weighted by Gasteiger charge is -2.47. The van der Waals surface area contributed by atoms with E-state index < -0.39 is 0 Å². The number of carbonyl (C=O) groups is 1. The predicted octanol–water partition coefficient (Wildman–Crippen LogP) is 2.36. The minimum absolute atomic E-state index is 0.337. The van der Waals surface area contributed by atoms with Crippen molar-refractivity contribution >= 4 is 5.91 Å². The van der Waals surface area contributed by atoms with E-state index in [0.717, 1.165) is 25.9 Å². The van der Waals surface area contributed by atoms with Crippen LogP contribution in [0.2, 0.25) is 0 Å². The van der Waals surface area contributed by atoms with Crippen molar-refractivity contribution in [1.82, 2.24) is 4.90 Å². The lowest BCUT2D eigenvalue weighted by molar-refractivity contribution is -0.149. The van der Waals surface area contributed by atoms with Crippen LogP contribution in [-0.2, 0) is 14.9 Å². The van der Waals surface area contributed by atoms with Gasteiger partial charge in [-0.1, -0.05) is 30.3 Å². The van der Waals surface area contributed by atoms with E-state index in [1.54, 1.807) is 0 Å². The van der Waals surface area contributed by atoms with E-state index in [9.17, 15) is 4.79 Å². The number of hydrogen-bond donors (Lipinski definition) is 0. The third-order valence-electron chi connectivity index (χ3n) is 5.38. The zero-order valence-electron chi connectivity index (χ0n) is 11.8. The van der Waals surface area contributed by atoms with Crippen molar-refractivity contribution in [2.75, 3.05) is 26.3 Å². The number of hydrogen-bond acceptors (Lipinski definition) is 2. The lowest BCUT2D eigenvalue weighted by atomic mass is 9.72. The molecule has 1 amide bonds. The van der Waals surface area contributed by atoms with Crippen LogP contribution in [-0.4, -0.2) is 37.1 Å². The summed E-state index contributed by atoms with van der Waals surface area (Å²) in [6, 6.07) is 10.3. The largest absolute Gasteiger partial charge is 0.381 e. The van der Waals surface area contributed by atoms with Gasteiger partial charge in [-0.25, -0.2) is 0 Å². The molecule has 0 unspecified atom stereocenters. The van der Waals surface area contributed by atoms with E-state index in [0.29, 0.717) is 24.5 Å². The van der Waals surface area contributed by atoms with E-state index >= 15 is 0 Å². The number of likely N-dealkylation sites (tertiary alicyclic amines) is 1. The summed E-state index contributed by atoms with van der Waals surface area (Å²) in [6.07, 6.45) is 4.27. The van der Waals surface area contributed by atoms with Crippen molar-refractivity contribution in [2.45, 2.75) is 31.1 Å². The van der Waals surface area contributed by atoms with Crippen molar-refractivity contribution in [1.29, 1.82) is 0 Å². The average molecular weight is 271 g/mol. The second-order valence-electron chi connectivity index (χ2n) is 6.72. The second kappa shape index (κ2) is 4.32. The van der Waals surface area contributed by atoms with Crippen molar-refractivity contribution in [3.63, 3.8) is 0 Å². The Morgan fingerprint density at radius 2 is 1.65 bits per heavy atom. The third kappa shape index (κ3) is 1.80. The molecule has 1 spiro atoms. The van der Waals surface area contributed by atoms with Gasteiger partial charge in [-0.05, 0) is 31.2 Å². The number of amides is 1. The summed E-state index contributed by atoms with van der Waals surface area (Å²) in [5.41, 5.74) is 1.36. The van der Waals surface area contributed by atoms with E-state index in [1.807, 2.05) is 18.2 Å². The molecule has 0 aromatic heterocycles. The van der Waals surface area contributed by atoms with Crippen LogP contribution < -0.4 is 0 Å². The molecule has 4 rings (SSSR count). The summed E-state index contributed by atoms with van der Waals surface area (Å²) < 4.78 is 5.51. The van der Waals surface area contributed by atoms with Crippen molar-refractivity contribution in [3.05, 3.63) is 35.9 Å². The van der Waals surface area contributed by atoms with Gasteiger partial charge in [-0.3, -0.25) is 4.79 Å². The SMILES string of the molecule is O=C(N1CC2(CC2)C1)C1(c2ccccc2)CCOCC1. The molecule has 1 aromatic carbocycles. The monoisotopic (exact) mass is 271 g/mol. The molecule has 106 valence electrons. The topological polar surface area (TPSA) is 29.5 Å². The van der Waals surface area contributed by atoms with Crippen LogP contribution in [0.1, 0.15) is 31.2 Å². The summed E-state index contributed by atoms with van der Waals surface area (Å²) in [4.78, 5) is 15.2. The van der Waals surface area contributed by atoms with Crippen LogP contribution in [0.15, 0.2) is 30.3 Å². The van der Waals surface area contributed by atoms with Gasteiger partial charge >= 0.3 is 0 Å². The van der Waals surface area contributed by atoms with Gasteiger partial charge in [0.2, 0.25) is 5.91 Å². The van der Waals surface area contributed by atoms with Crippen molar-refractivity contribution in [2.24, 2.45) is 5.41 Å². The van der Waals surface area contributed by atoms with E-state index in [1.165, 1.54) is 18.4 Å². The van der Waals surface area contributed by atoms with Crippen LogP contribution in [0.25, 0.3) is 0 Å². The molecule has 1 aliphatic carbocycles. The van der Waals surface area contributed by atoms with Gasteiger partial charge in [-0.2, -0.15) is 0 Å². The van der Waals surface area contributed by atoms with E-state index in [4.69, 9.17) is 4.74 Å². The molecular formula is C17H21NO2. The smallest absolute Gasteiger partial charge is 0.233 e. The molecule has 2 saturated heterocycles. The number of carbonyl (C=O) groups excluding carboxylic acids is 1. The summed E-state index contributed by atoms with van der Waals surface area (Å²) in [5.74, 6) is 0.338. The Hall–Kier alpha value is -1.35. The zero-order chi connectivity index (χ0) is 13.6.